The Morgan fingerprint density at radius 3 is 1.82 bits per heavy atom. The molecule has 3 heterocycles. The molecule has 61 heavy (non-hydrogen) atoms. The van der Waals surface area contributed by atoms with Crippen LogP contribution in [0.5, 0.6) is 11.5 Å². The van der Waals surface area contributed by atoms with Crippen LogP contribution in [0.1, 0.15) is 0 Å². The maximum Gasteiger partial charge on any atom is 0.162 e. The summed E-state index contributed by atoms with van der Waals surface area (Å²) < 4.78 is 8.97. The van der Waals surface area contributed by atoms with Crippen molar-refractivity contribution in [1.29, 1.82) is 0 Å². The summed E-state index contributed by atoms with van der Waals surface area (Å²) in [6, 6.07) is 76.6. The summed E-state index contributed by atoms with van der Waals surface area (Å²) >= 11 is 0. The van der Waals surface area contributed by atoms with Crippen molar-refractivity contribution in [3.8, 4) is 62.2 Å². The number of benzene rings is 9. The van der Waals surface area contributed by atoms with Crippen LogP contribution in [0, 0.1) is 0 Å². The highest BCUT2D eigenvalue weighted by Gasteiger charge is 2.26. The van der Waals surface area contributed by atoms with Gasteiger partial charge >= 0.3 is 0 Å². The zero-order chi connectivity index (χ0) is 40.3. The van der Waals surface area contributed by atoms with Gasteiger partial charge in [-0.2, -0.15) is 0 Å². The van der Waals surface area contributed by atoms with Crippen molar-refractivity contribution in [2.24, 2.45) is 0 Å². The van der Waals surface area contributed by atoms with Gasteiger partial charge in [-0.1, -0.05) is 164 Å². The molecule has 0 radical (unpaired) electrons. The Kier molecular flexibility index (Phi) is 8.10. The molecule has 0 fully saturated rings. The predicted molar refractivity (Wildman–Crippen MR) is 250 cm³/mol. The molecular weight excluding hydrogens is 745 g/mol. The SMILES string of the molecule is c1ccc(-c2ccc(-c3nc(-c4ccccc4)cc(-n4c5cc(-c6ccc7c(c6)Oc6ccccc6N7c6ccccc6)ccc5c5c6ccccc6ccc54)n3)cc2)cc1. The van der Waals surface area contributed by atoms with Gasteiger partial charge < -0.3 is 9.64 Å². The summed E-state index contributed by atoms with van der Waals surface area (Å²) in [5.74, 6) is 3.09. The molecular formula is C56H36N4O. The number of nitrogens with zero attached hydrogens (tertiary/aromatic N) is 4. The third kappa shape index (κ3) is 5.94. The van der Waals surface area contributed by atoms with Crippen molar-refractivity contribution in [3.63, 3.8) is 0 Å². The summed E-state index contributed by atoms with van der Waals surface area (Å²) in [5.41, 5.74) is 12.5. The fourth-order valence-electron chi connectivity index (χ4n) is 8.88. The van der Waals surface area contributed by atoms with Gasteiger partial charge in [-0.05, 0) is 81.6 Å². The number of anilines is 3. The number of para-hydroxylation sites is 3. The monoisotopic (exact) mass is 780 g/mol. The lowest BCUT2D eigenvalue weighted by Gasteiger charge is -2.33. The minimum Gasteiger partial charge on any atom is -0.453 e. The summed E-state index contributed by atoms with van der Waals surface area (Å²) in [6.45, 7) is 0. The Labute approximate surface area is 353 Å². The van der Waals surface area contributed by atoms with E-state index in [0.29, 0.717) is 5.82 Å². The van der Waals surface area contributed by atoms with Crippen LogP contribution in [0.15, 0.2) is 218 Å². The highest BCUT2D eigenvalue weighted by molar-refractivity contribution is 6.21. The van der Waals surface area contributed by atoms with Crippen molar-refractivity contribution >= 4 is 49.6 Å². The van der Waals surface area contributed by atoms with E-state index in [1.54, 1.807) is 0 Å². The van der Waals surface area contributed by atoms with Crippen LogP contribution in [0.25, 0.3) is 83.3 Å². The molecule has 0 saturated carbocycles. The first-order valence-electron chi connectivity index (χ1n) is 20.6. The van der Waals surface area contributed by atoms with Gasteiger partial charge in [-0.25, -0.2) is 9.97 Å². The van der Waals surface area contributed by atoms with E-state index in [1.165, 1.54) is 21.7 Å². The van der Waals surface area contributed by atoms with E-state index in [1.807, 2.05) is 30.3 Å². The fourth-order valence-corrected chi connectivity index (χ4v) is 8.88. The van der Waals surface area contributed by atoms with Crippen molar-refractivity contribution in [2.75, 3.05) is 4.90 Å². The normalized spacial score (nSPS) is 12.0. The topological polar surface area (TPSA) is 43.2 Å². The van der Waals surface area contributed by atoms with Crippen LogP contribution in [-0.2, 0) is 0 Å². The second-order valence-corrected chi connectivity index (χ2v) is 15.4. The van der Waals surface area contributed by atoms with Crippen LogP contribution in [0.4, 0.5) is 17.1 Å². The minimum atomic E-state index is 0.665. The molecule has 9 aromatic carbocycles. The Balaban J connectivity index is 1.06. The van der Waals surface area contributed by atoms with Gasteiger partial charge in [0, 0.05) is 33.7 Å². The highest BCUT2D eigenvalue weighted by atomic mass is 16.5. The molecule has 0 spiro atoms. The molecule has 5 heteroatoms. The Bertz CT molecular complexity index is 3430. The first-order valence-corrected chi connectivity index (χ1v) is 20.6. The van der Waals surface area contributed by atoms with E-state index in [2.05, 4.69) is 198 Å². The largest absolute Gasteiger partial charge is 0.453 e. The Morgan fingerprint density at radius 2 is 1.00 bits per heavy atom. The summed E-state index contributed by atoms with van der Waals surface area (Å²) in [6.07, 6.45) is 0. The number of fused-ring (bicyclic) bond motifs is 7. The first kappa shape index (κ1) is 34.7. The molecule has 0 saturated heterocycles. The van der Waals surface area contributed by atoms with Crippen molar-refractivity contribution in [1.82, 2.24) is 14.5 Å². The first-order chi connectivity index (χ1) is 30.2. The van der Waals surface area contributed by atoms with Gasteiger partial charge in [-0.3, -0.25) is 4.57 Å². The van der Waals surface area contributed by atoms with Crippen LogP contribution in [0.2, 0.25) is 0 Å². The van der Waals surface area contributed by atoms with E-state index in [0.717, 1.165) is 84.3 Å². The smallest absolute Gasteiger partial charge is 0.162 e. The third-order valence-electron chi connectivity index (χ3n) is 11.8. The summed E-state index contributed by atoms with van der Waals surface area (Å²) in [5, 5.41) is 4.74. The molecule has 1 aliphatic rings. The van der Waals surface area contributed by atoms with Gasteiger partial charge in [0.25, 0.3) is 0 Å². The van der Waals surface area contributed by atoms with Crippen LogP contribution >= 0.6 is 0 Å². The average Bonchev–Trinajstić information content (AvgIpc) is 3.68. The Hall–Kier alpha value is -8.28. The Morgan fingerprint density at radius 1 is 0.377 bits per heavy atom. The minimum absolute atomic E-state index is 0.665. The molecule has 12 rings (SSSR count). The van der Waals surface area contributed by atoms with E-state index in [9.17, 15) is 0 Å². The van der Waals surface area contributed by atoms with Gasteiger partial charge in [-0.15, -0.1) is 0 Å². The standard InChI is InChI=1S/C56H36N4O/c1-4-14-37(15-5-1)38-24-26-41(27-25-38)56-57-47(40-17-6-2-7-18-40)36-54(58-56)60-50-33-29-39-16-10-11-21-45(39)55(50)46-31-28-42(34-51(46)60)43-30-32-49-53(35-43)61-52-23-13-12-22-48(52)59(49)44-19-8-3-9-20-44/h1-36H. The summed E-state index contributed by atoms with van der Waals surface area (Å²) in [7, 11) is 0. The van der Waals surface area contributed by atoms with E-state index >= 15 is 0 Å². The molecule has 0 aliphatic carbocycles. The van der Waals surface area contributed by atoms with Crippen LogP contribution in [0.3, 0.4) is 0 Å². The zero-order valence-corrected chi connectivity index (χ0v) is 33.0. The van der Waals surface area contributed by atoms with E-state index < -0.39 is 0 Å². The fraction of sp³-hybridized carbons (Fsp3) is 0. The van der Waals surface area contributed by atoms with E-state index in [4.69, 9.17) is 14.7 Å². The number of rotatable bonds is 6. The quantitative estimate of drug-likeness (QED) is 0.169. The number of hydrogen-bond acceptors (Lipinski definition) is 4. The third-order valence-corrected chi connectivity index (χ3v) is 11.8. The molecule has 1 aliphatic heterocycles. The molecule has 0 N–H and O–H groups in total. The van der Waals surface area contributed by atoms with Crippen molar-refractivity contribution in [2.45, 2.75) is 0 Å². The molecule has 11 aromatic rings. The van der Waals surface area contributed by atoms with Crippen LogP contribution < -0.4 is 9.64 Å². The number of hydrogen-bond donors (Lipinski definition) is 0. The molecule has 2 aromatic heterocycles. The van der Waals surface area contributed by atoms with Gasteiger partial charge in [0.15, 0.2) is 17.3 Å². The molecule has 0 bridgehead atoms. The van der Waals surface area contributed by atoms with E-state index in [-0.39, 0.29) is 0 Å². The second-order valence-electron chi connectivity index (χ2n) is 15.4. The lowest BCUT2D eigenvalue weighted by Crippen LogP contribution is -2.15. The number of ether oxygens (including phenoxy) is 1. The lowest BCUT2D eigenvalue weighted by molar-refractivity contribution is 0.477. The molecule has 0 amide bonds. The molecule has 286 valence electrons. The van der Waals surface area contributed by atoms with Crippen molar-refractivity contribution in [3.05, 3.63) is 218 Å². The lowest BCUT2D eigenvalue weighted by atomic mass is 10.00. The highest BCUT2D eigenvalue weighted by Crippen LogP contribution is 2.51. The predicted octanol–water partition coefficient (Wildman–Crippen LogP) is 15.0. The van der Waals surface area contributed by atoms with Crippen molar-refractivity contribution < 1.29 is 4.74 Å². The van der Waals surface area contributed by atoms with Gasteiger partial charge in [0.2, 0.25) is 0 Å². The molecule has 0 atom stereocenters. The molecule has 0 unspecified atom stereocenters. The second kappa shape index (κ2) is 14.2. The zero-order valence-electron chi connectivity index (χ0n) is 33.0. The van der Waals surface area contributed by atoms with Crippen LogP contribution in [-0.4, -0.2) is 14.5 Å². The maximum atomic E-state index is 6.65. The van der Waals surface area contributed by atoms with Gasteiger partial charge in [0.05, 0.1) is 28.1 Å². The maximum absolute atomic E-state index is 6.65. The molecule has 5 nitrogen and oxygen atoms in total. The average molecular weight is 781 g/mol. The summed E-state index contributed by atoms with van der Waals surface area (Å²) in [4.78, 5) is 12.9. The number of aromatic nitrogens is 3. The van der Waals surface area contributed by atoms with Gasteiger partial charge in [0.1, 0.15) is 5.82 Å².